The monoisotopic (exact) mass is 552 g/mol. The van der Waals surface area contributed by atoms with Crippen LogP contribution in [-0.4, -0.2) is 30.5 Å². The first kappa shape index (κ1) is 26.3. The number of carbonyl (C=O) groups excluding carboxylic acids is 3. The summed E-state index contributed by atoms with van der Waals surface area (Å²) in [5, 5.41) is 9.59. The maximum atomic E-state index is 12.2. The third-order valence-corrected chi connectivity index (χ3v) is 5.88. The predicted octanol–water partition coefficient (Wildman–Crippen LogP) is 5.41. The molecule has 3 amide bonds. The van der Waals surface area contributed by atoms with Crippen molar-refractivity contribution in [2.75, 3.05) is 17.2 Å². The number of amides is 3. The predicted molar refractivity (Wildman–Crippen MR) is 138 cm³/mol. The fourth-order valence-corrected chi connectivity index (χ4v) is 3.31. The lowest BCUT2D eigenvalue weighted by molar-refractivity contribution is -0.136. The Kier molecular flexibility index (Phi) is 9.33. The molecule has 0 fully saturated rings. The molecule has 0 saturated carbocycles. The maximum Gasteiger partial charge on any atom is 0.329 e. The van der Waals surface area contributed by atoms with Crippen LogP contribution in [0.15, 0.2) is 65.8 Å². The second kappa shape index (κ2) is 12.4. The first-order chi connectivity index (χ1) is 16.7. The number of anilines is 2. The van der Waals surface area contributed by atoms with E-state index in [9.17, 15) is 14.4 Å². The molecule has 8 nitrogen and oxygen atoms in total. The number of nitrogens with one attached hydrogen (secondary N) is 3. The van der Waals surface area contributed by atoms with E-state index in [0.29, 0.717) is 22.0 Å². The van der Waals surface area contributed by atoms with E-state index in [0.717, 1.165) is 0 Å². The van der Waals surface area contributed by atoms with Crippen LogP contribution in [0.3, 0.4) is 0 Å². The normalized spacial score (nSPS) is 10.6. The van der Waals surface area contributed by atoms with Crippen molar-refractivity contribution in [1.29, 1.82) is 0 Å². The Hall–Kier alpha value is -3.30. The van der Waals surface area contributed by atoms with Gasteiger partial charge in [0.2, 0.25) is 0 Å². The van der Waals surface area contributed by atoms with Crippen LogP contribution in [0.4, 0.5) is 11.4 Å². The zero-order valence-electron chi connectivity index (χ0n) is 17.7. The van der Waals surface area contributed by atoms with Crippen LogP contribution in [0.25, 0.3) is 0 Å². The molecule has 0 atom stereocenters. The fourth-order valence-electron chi connectivity index (χ4n) is 2.62. The van der Waals surface area contributed by atoms with E-state index in [1.165, 1.54) is 12.3 Å². The molecule has 3 aromatic rings. The number of hydrogen-bond acceptors (Lipinski definition) is 5. The van der Waals surface area contributed by atoms with Crippen molar-refractivity contribution in [3.63, 3.8) is 0 Å². The molecule has 0 spiro atoms. The van der Waals surface area contributed by atoms with Gasteiger partial charge in [-0.25, -0.2) is 5.43 Å². The van der Waals surface area contributed by atoms with Crippen LogP contribution in [-0.2, 0) is 14.4 Å². The first-order valence-electron chi connectivity index (χ1n) is 9.79. The molecule has 0 heterocycles. The third-order valence-electron chi connectivity index (χ3n) is 4.24. The summed E-state index contributed by atoms with van der Waals surface area (Å²) in [7, 11) is 0. The van der Waals surface area contributed by atoms with E-state index in [1.807, 2.05) is 0 Å². The minimum atomic E-state index is -1.01. The lowest BCUT2D eigenvalue weighted by Gasteiger charge is -2.10. The van der Waals surface area contributed by atoms with E-state index >= 15 is 0 Å². The highest BCUT2D eigenvalue weighted by Gasteiger charge is 2.15. The van der Waals surface area contributed by atoms with Crippen molar-refractivity contribution in [3.8, 4) is 5.75 Å². The number of nitrogens with zero attached hydrogens (tertiary/aromatic N) is 1. The summed E-state index contributed by atoms with van der Waals surface area (Å²) in [6, 6.07) is 16.1. The van der Waals surface area contributed by atoms with Gasteiger partial charge in [0, 0.05) is 0 Å². The van der Waals surface area contributed by atoms with Gasteiger partial charge in [-0.3, -0.25) is 14.4 Å². The van der Waals surface area contributed by atoms with Gasteiger partial charge in [0.15, 0.2) is 6.61 Å². The van der Waals surface area contributed by atoms with Crippen molar-refractivity contribution < 1.29 is 19.1 Å². The van der Waals surface area contributed by atoms with Gasteiger partial charge in [-0.1, -0.05) is 70.7 Å². The lowest BCUT2D eigenvalue weighted by atomic mass is 10.2. The molecule has 180 valence electrons. The first-order valence-corrected chi connectivity index (χ1v) is 11.3. The average molecular weight is 554 g/mol. The molecule has 3 N–H and O–H groups in total. The van der Waals surface area contributed by atoms with E-state index in [1.54, 1.807) is 54.6 Å². The Morgan fingerprint density at radius 2 is 1.40 bits per heavy atom. The molecule has 12 heteroatoms. The van der Waals surface area contributed by atoms with Crippen molar-refractivity contribution in [1.82, 2.24) is 5.43 Å². The van der Waals surface area contributed by atoms with Gasteiger partial charge in [-0.05, 0) is 42.0 Å². The van der Waals surface area contributed by atoms with Crippen LogP contribution in [0, 0.1) is 0 Å². The minimum Gasteiger partial charge on any atom is -0.484 e. The maximum absolute atomic E-state index is 12.2. The van der Waals surface area contributed by atoms with Crippen LogP contribution < -0.4 is 20.8 Å². The summed E-state index contributed by atoms with van der Waals surface area (Å²) in [5.74, 6) is -2.05. The van der Waals surface area contributed by atoms with Crippen LogP contribution >= 0.6 is 46.4 Å². The highest BCUT2D eigenvalue weighted by Crippen LogP contribution is 2.30. The number of halogens is 4. The van der Waals surface area contributed by atoms with E-state index in [4.69, 9.17) is 51.1 Å². The van der Waals surface area contributed by atoms with Crippen LogP contribution in [0.2, 0.25) is 20.1 Å². The molecule has 0 saturated heterocycles. The second-order valence-electron chi connectivity index (χ2n) is 6.77. The SMILES string of the molecule is O=C(COc1cccc(/C=N\NC(=O)C(=O)Nc2cccc(Cl)c2Cl)c1)Nc1cccc(Cl)c1Cl. The Bertz CT molecular complexity index is 1300. The average Bonchev–Trinajstić information content (AvgIpc) is 2.84. The molecule has 0 aromatic heterocycles. The standard InChI is InChI=1S/C23H16Cl4N4O4/c24-15-6-2-8-17(20(15)26)29-19(32)12-35-14-5-1-4-13(10-14)11-28-31-23(34)22(33)30-18-9-3-7-16(25)21(18)27/h1-11H,12H2,(H,29,32)(H,30,33)(H,31,34)/b28-11-. The van der Waals surface area contributed by atoms with Crippen molar-refractivity contribution in [2.24, 2.45) is 5.10 Å². The van der Waals surface area contributed by atoms with Gasteiger partial charge in [-0.2, -0.15) is 5.10 Å². The molecule has 3 aromatic carbocycles. The molecular formula is C23H16Cl4N4O4. The van der Waals surface area contributed by atoms with Gasteiger partial charge in [0.1, 0.15) is 5.75 Å². The van der Waals surface area contributed by atoms with Crippen molar-refractivity contribution in [2.45, 2.75) is 0 Å². The number of benzene rings is 3. The summed E-state index contributed by atoms with van der Waals surface area (Å²) in [4.78, 5) is 36.1. The summed E-state index contributed by atoms with van der Waals surface area (Å²) in [5.41, 5.74) is 3.20. The molecule has 0 bridgehead atoms. The number of ether oxygens (including phenoxy) is 1. The summed E-state index contributed by atoms with van der Waals surface area (Å²) in [6.45, 7) is -0.285. The molecule has 0 radical (unpaired) electrons. The fraction of sp³-hybridized carbons (Fsp3) is 0.0435. The van der Waals surface area contributed by atoms with E-state index in [2.05, 4.69) is 21.2 Å². The zero-order chi connectivity index (χ0) is 25.4. The van der Waals surface area contributed by atoms with Gasteiger partial charge >= 0.3 is 11.8 Å². The van der Waals surface area contributed by atoms with Gasteiger partial charge in [-0.15, -0.1) is 0 Å². The minimum absolute atomic E-state index is 0.111. The van der Waals surface area contributed by atoms with Gasteiger partial charge in [0.25, 0.3) is 5.91 Å². The topological polar surface area (TPSA) is 109 Å². The molecule has 0 unspecified atom stereocenters. The van der Waals surface area contributed by atoms with Crippen molar-refractivity contribution >= 4 is 81.7 Å². The summed E-state index contributed by atoms with van der Waals surface area (Å²) >= 11 is 23.8. The second-order valence-corrected chi connectivity index (χ2v) is 8.34. The quantitative estimate of drug-likeness (QED) is 0.206. The van der Waals surface area contributed by atoms with Crippen LogP contribution in [0.5, 0.6) is 5.75 Å². The Labute approximate surface area is 220 Å². The highest BCUT2D eigenvalue weighted by molar-refractivity contribution is 6.46. The number of hydrogen-bond donors (Lipinski definition) is 3. The molecular weight excluding hydrogens is 538 g/mol. The number of hydrazone groups is 1. The number of rotatable bonds is 7. The summed E-state index contributed by atoms with van der Waals surface area (Å²) in [6.07, 6.45) is 1.30. The van der Waals surface area contributed by atoms with E-state index < -0.39 is 17.7 Å². The lowest BCUT2D eigenvalue weighted by Crippen LogP contribution is -2.32. The van der Waals surface area contributed by atoms with Gasteiger partial charge in [0.05, 0.1) is 37.7 Å². The Morgan fingerprint density at radius 1 is 0.800 bits per heavy atom. The van der Waals surface area contributed by atoms with Gasteiger partial charge < -0.3 is 15.4 Å². The molecule has 0 aliphatic carbocycles. The molecule has 0 aliphatic rings. The zero-order valence-corrected chi connectivity index (χ0v) is 20.7. The smallest absolute Gasteiger partial charge is 0.329 e. The highest BCUT2D eigenvalue weighted by atomic mass is 35.5. The Balaban J connectivity index is 1.51. The summed E-state index contributed by atoms with van der Waals surface area (Å²) < 4.78 is 5.48. The van der Waals surface area contributed by atoms with Crippen molar-refractivity contribution in [3.05, 3.63) is 86.3 Å². The van der Waals surface area contributed by atoms with Crippen LogP contribution in [0.1, 0.15) is 5.56 Å². The Morgan fingerprint density at radius 3 is 2.06 bits per heavy atom. The molecule has 0 aliphatic heterocycles. The number of carbonyl (C=O) groups is 3. The third kappa shape index (κ3) is 7.60. The van der Waals surface area contributed by atoms with E-state index in [-0.39, 0.29) is 27.4 Å². The largest absolute Gasteiger partial charge is 0.484 e. The molecule has 3 rings (SSSR count). The molecule has 35 heavy (non-hydrogen) atoms.